The second-order valence-electron chi connectivity index (χ2n) is 7.46. The lowest BCUT2D eigenvalue weighted by atomic mass is 9.78. The number of thiazole rings is 1. The molecule has 5 rings (SSSR count). The van der Waals surface area contributed by atoms with Gasteiger partial charge in [0.05, 0.1) is 16.8 Å². The van der Waals surface area contributed by atoms with E-state index in [4.69, 9.17) is 9.40 Å². The van der Waals surface area contributed by atoms with Crippen LogP contribution in [-0.4, -0.2) is 36.1 Å². The van der Waals surface area contributed by atoms with E-state index in [1.165, 1.54) is 50.1 Å². The summed E-state index contributed by atoms with van der Waals surface area (Å²) in [5.41, 5.74) is 1.60. The maximum absolute atomic E-state index is 6.13. The molecule has 0 radical (unpaired) electrons. The molecule has 0 bridgehead atoms. The molecule has 130 valence electrons. The molecule has 0 saturated carbocycles. The predicted molar refractivity (Wildman–Crippen MR) is 102 cm³/mol. The average molecular weight is 353 g/mol. The van der Waals surface area contributed by atoms with Crippen LogP contribution in [0.5, 0.6) is 0 Å². The topological polar surface area (TPSA) is 41.3 Å². The Morgan fingerprint density at radius 1 is 1.12 bits per heavy atom. The van der Waals surface area contributed by atoms with Gasteiger partial charge in [0.15, 0.2) is 10.8 Å². The van der Waals surface area contributed by atoms with E-state index in [1.807, 2.05) is 6.07 Å². The van der Waals surface area contributed by atoms with E-state index >= 15 is 0 Å². The van der Waals surface area contributed by atoms with E-state index in [2.05, 4.69) is 40.5 Å². The van der Waals surface area contributed by atoms with Gasteiger partial charge in [-0.2, -0.15) is 0 Å². The minimum atomic E-state index is 0.549. The minimum Gasteiger partial charge on any atom is -0.457 e. The summed E-state index contributed by atoms with van der Waals surface area (Å²) in [6, 6.07) is 12.5. The molecule has 2 aliphatic heterocycles. The van der Waals surface area contributed by atoms with Gasteiger partial charge in [0.2, 0.25) is 0 Å². The second kappa shape index (κ2) is 6.24. The molecular formula is C20H23N3OS. The highest BCUT2D eigenvalue weighted by atomic mass is 32.1. The molecule has 25 heavy (non-hydrogen) atoms. The summed E-state index contributed by atoms with van der Waals surface area (Å²) in [4.78, 5) is 7.26. The van der Waals surface area contributed by atoms with Crippen LogP contribution in [-0.2, 0) is 6.54 Å². The van der Waals surface area contributed by atoms with Crippen molar-refractivity contribution in [3.8, 4) is 10.8 Å². The van der Waals surface area contributed by atoms with Crippen LogP contribution in [0.25, 0.3) is 21.0 Å². The Morgan fingerprint density at radius 2 is 2.00 bits per heavy atom. The van der Waals surface area contributed by atoms with Crippen molar-refractivity contribution in [1.29, 1.82) is 0 Å². The number of nitrogens with one attached hydrogen (secondary N) is 1. The van der Waals surface area contributed by atoms with Crippen LogP contribution in [0.15, 0.2) is 40.8 Å². The van der Waals surface area contributed by atoms with Crippen molar-refractivity contribution in [3.05, 3.63) is 42.2 Å². The number of nitrogens with zero attached hydrogens (tertiary/aromatic N) is 2. The van der Waals surface area contributed by atoms with E-state index in [0.717, 1.165) is 28.6 Å². The second-order valence-corrected chi connectivity index (χ2v) is 8.49. The van der Waals surface area contributed by atoms with Gasteiger partial charge < -0.3 is 9.73 Å². The van der Waals surface area contributed by atoms with E-state index in [-0.39, 0.29) is 0 Å². The van der Waals surface area contributed by atoms with Crippen molar-refractivity contribution < 1.29 is 4.42 Å². The molecule has 1 aromatic carbocycles. The van der Waals surface area contributed by atoms with Gasteiger partial charge in [-0.25, -0.2) is 4.98 Å². The summed E-state index contributed by atoms with van der Waals surface area (Å²) in [7, 11) is 0. The SMILES string of the molecule is c1ccc2sc(-c3ccc(CN4CCC5(CCNCC5)C4)o3)nc2c1. The van der Waals surface area contributed by atoms with Crippen LogP contribution in [0.2, 0.25) is 0 Å². The monoisotopic (exact) mass is 353 g/mol. The molecule has 1 spiro atoms. The molecule has 5 heteroatoms. The van der Waals surface area contributed by atoms with E-state index in [1.54, 1.807) is 11.3 Å². The standard InChI is InChI=1S/C20H23N3OS/c1-2-4-18-16(3-1)22-19(25-18)17-6-5-15(24-17)13-23-12-9-20(14-23)7-10-21-11-8-20/h1-6,21H,7-14H2. The van der Waals surface area contributed by atoms with E-state index in [9.17, 15) is 0 Å². The summed E-state index contributed by atoms with van der Waals surface area (Å²) in [6.07, 6.45) is 3.97. The zero-order chi connectivity index (χ0) is 16.7. The molecule has 2 saturated heterocycles. The lowest BCUT2D eigenvalue weighted by Gasteiger charge is -2.33. The third kappa shape index (κ3) is 3.01. The molecule has 1 N–H and O–H groups in total. The maximum atomic E-state index is 6.13. The lowest BCUT2D eigenvalue weighted by molar-refractivity contribution is 0.189. The number of likely N-dealkylation sites (tertiary alicyclic amines) is 1. The Hall–Kier alpha value is -1.69. The third-order valence-electron chi connectivity index (χ3n) is 5.73. The first kappa shape index (κ1) is 15.6. The van der Waals surface area contributed by atoms with Crippen molar-refractivity contribution in [2.24, 2.45) is 5.41 Å². The number of para-hydroxylation sites is 1. The number of fused-ring (bicyclic) bond motifs is 1. The van der Waals surface area contributed by atoms with Crippen LogP contribution in [0.3, 0.4) is 0 Å². The molecule has 0 atom stereocenters. The number of hydrogen-bond acceptors (Lipinski definition) is 5. The number of aromatic nitrogens is 1. The quantitative estimate of drug-likeness (QED) is 0.769. The summed E-state index contributed by atoms with van der Waals surface area (Å²) in [6.45, 7) is 5.68. The van der Waals surface area contributed by atoms with E-state index in [0.29, 0.717) is 5.41 Å². The van der Waals surface area contributed by atoms with Crippen LogP contribution < -0.4 is 5.32 Å². The molecule has 4 heterocycles. The van der Waals surface area contributed by atoms with Gasteiger partial charge >= 0.3 is 0 Å². The Labute approximate surface area is 151 Å². The van der Waals surface area contributed by atoms with Crippen LogP contribution >= 0.6 is 11.3 Å². The Morgan fingerprint density at radius 3 is 2.88 bits per heavy atom. The van der Waals surface area contributed by atoms with Gasteiger partial charge in [0.25, 0.3) is 0 Å². The normalized spacial score (nSPS) is 20.6. The molecular weight excluding hydrogens is 330 g/mol. The fraction of sp³-hybridized carbons (Fsp3) is 0.450. The lowest BCUT2D eigenvalue weighted by Crippen LogP contribution is -2.38. The third-order valence-corrected chi connectivity index (χ3v) is 6.78. The van der Waals surface area contributed by atoms with Crippen LogP contribution in [0, 0.1) is 5.41 Å². The maximum Gasteiger partial charge on any atom is 0.163 e. The highest BCUT2D eigenvalue weighted by Gasteiger charge is 2.38. The average Bonchev–Trinajstić information content (AvgIpc) is 3.35. The van der Waals surface area contributed by atoms with Gasteiger partial charge in [-0.15, -0.1) is 11.3 Å². The van der Waals surface area contributed by atoms with Gasteiger partial charge in [0, 0.05) is 6.54 Å². The van der Waals surface area contributed by atoms with Crippen LogP contribution in [0.1, 0.15) is 25.0 Å². The molecule has 2 aliphatic rings. The number of rotatable bonds is 3. The zero-order valence-corrected chi connectivity index (χ0v) is 15.1. The smallest absolute Gasteiger partial charge is 0.163 e. The molecule has 2 aromatic heterocycles. The fourth-order valence-electron chi connectivity index (χ4n) is 4.30. The first-order valence-corrected chi connectivity index (χ1v) is 9.99. The first-order chi connectivity index (χ1) is 12.3. The van der Waals surface area contributed by atoms with Gasteiger partial charge in [0.1, 0.15) is 5.76 Å². The Bertz CT molecular complexity index is 845. The van der Waals surface area contributed by atoms with Gasteiger partial charge in [-0.05, 0) is 68.6 Å². The Balaban J connectivity index is 1.30. The summed E-state index contributed by atoms with van der Waals surface area (Å²) in [5.74, 6) is 1.95. The minimum absolute atomic E-state index is 0.549. The number of furan rings is 1. The van der Waals surface area contributed by atoms with Crippen molar-refractivity contribution in [2.75, 3.05) is 26.2 Å². The van der Waals surface area contributed by atoms with Crippen molar-refractivity contribution >= 4 is 21.6 Å². The predicted octanol–water partition coefficient (Wildman–Crippen LogP) is 4.13. The van der Waals surface area contributed by atoms with Crippen molar-refractivity contribution in [2.45, 2.75) is 25.8 Å². The van der Waals surface area contributed by atoms with Gasteiger partial charge in [-0.1, -0.05) is 12.1 Å². The van der Waals surface area contributed by atoms with E-state index < -0.39 is 0 Å². The zero-order valence-electron chi connectivity index (χ0n) is 14.3. The largest absolute Gasteiger partial charge is 0.457 e. The fourth-order valence-corrected chi connectivity index (χ4v) is 5.23. The highest BCUT2D eigenvalue weighted by Crippen LogP contribution is 2.39. The first-order valence-electron chi connectivity index (χ1n) is 9.18. The molecule has 0 unspecified atom stereocenters. The molecule has 0 aliphatic carbocycles. The number of piperidine rings is 1. The number of benzene rings is 1. The Kier molecular flexibility index (Phi) is 3.88. The van der Waals surface area contributed by atoms with Crippen molar-refractivity contribution in [3.63, 3.8) is 0 Å². The highest BCUT2D eigenvalue weighted by molar-refractivity contribution is 7.21. The number of hydrogen-bond donors (Lipinski definition) is 1. The molecule has 2 fully saturated rings. The van der Waals surface area contributed by atoms with Crippen molar-refractivity contribution in [1.82, 2.24) is 15.2 Å². The van der Waals surface area contributed by atoms with Gasteiger partial charge in [-0.3, -0.25) is 4.90 Å². The summed E-state index contributed by atoms with van der Waals surface area (Å²) in [5, 5.41) is 4.47. The molecule has 4 nitrogen and oxygen atoms in total. The molecule has 3 aromatic rings. The summed E-state index contributed by atoms with van der Waals surface area (Å²) >= 11 is 1.70. The molecule has 0 amide bonds. The van der Waals surface area contributed by atoms with Crippen LogP contribution in [0.4, 0.5) is 0 Å². The summed E-state index contributed by atoms with van der Waals surface area (Å²) < 4.78 is 7.34.